The van der Waals surface area contributed by atoms with Crippen LogP contribution in [0, 0.1) is 0 Å². The van der Waals surface area contributed by atoms with Crippen molar-refractivity contribution >= 4 is 34.5 Å². The number of esters is 1. The predicted octanol–water partition coefficient (Wildman–Crippen LogP) is 5.12. The highest BCUT2D eigenvalue weighted by Gasteiger charge is 2.43. The largest absolute Gasteiger partial charge is 0.497 e. The van der Waals surface area contributed by atoms with Gasteiger partial charge in [0.2, 0.25) is 5.91 Å². The smallest absolute Gasteiger partial charge is 0.338 e. The number of hydrogen-bond donors (Lipinski definition) is 1. The third-order valence-electron chi connectivity index (χ3n) is 6.86. The molecule has 0 spiro atoms. The van der Waals surface area contributed by atoms with Crippen LogP contribution in [0.15, 0.2) is 94.6 Å². The number of ether oxygens (including phenoxy) is 3. The first-order chi connectivity index (χ1) is 20.5. The van der Waals surface area contributed by atoms with E-state index in [0.717, 1.165) is 11.3 Å². The molecule has 0 bridgehead atoms. The Morgan fingerprint density at radius 3 is 2.55 bits per heavy atom. The molecule has 1 aromatic heterocycles. The second-order valence-corrected chi connectivity index (χ2v) is 10.3. The van der Waals surface area contributed by atoms with Crippen LogP contribution in [0.2, 0.25) is 0 Å². The number of nitrogens with zero attached hydrogens (tertiary/aromatic N) is 3. The van der Waals surface area contributed by atoms with Crippen molar-refractivity contribution in [2.24, 2.45) is 4.99 Å². The number of benzene rings is 2. The van der Waals surface area contributed by atoms with E-state index in [-0.39, 0.29) is 18.9 Å². The van der Waals surface area contributed by atoms with Crippen LogP contribution >= 0.6 is 11.8 Å². The molecule has 1 atom stereocenters. The first-order valence-electron chi connectivity index (χ1n) is 13.6. The summed E-state index contributed by atoms with van der Waals surface area (Å²) in [6.45, 7) is 2.43. The number of aliphatic imine (C=N–C) groups is 1. The molecule has 0 saturated heterocycles. The molecular weight excluding hydrogens is 552 g/mol. The second-order valence-electron chi connectivity index (χ2n) is 9.45. The minimum atomic E-state index is -0.671. The summed E-state index contributed by atoms with van der Waals surface area (Å²) in [7, 11) is 3.16. The molecule has 2 aliphatic rings. The highest BCUT2D eigenvalue weighted by molar-refractivity contribution is 8.16. The molecule has 42 heavy (non-hydrogen) atoms. The molecule has 1 amide bonds. The monoisotopic (exact) mass is 584 g/mol. The van der Waals surface area contributed by atoms with Gasteiger partial charge in [0.25, 0.3) is 0 Å². The van der Waals surface area contributed by atoms with Crippen LogP contribution in [0.3, 0.4) is 0 Å². The standard InChI is InChI=1S/C32H32N4O5S/c1-4-41-31(38)28-29(21-10-6-5-7-11-21)35-32-36(30(28)25-14-13-24(39-2)19-26(25)40-3)23(20-42-32)18-27(37)34-17-15-22-12-8-9-16-33-22/h5-14,16,19-20,30H,4,15,17-18H2,1-3H3,(H,34,37)/t30-/m0/s1. The number of rotatable bonds is 11. The van der Waals surface area contributed by atoms with Gasteiger partial charge in [-0.15, -0.1) is 0 Å². The van der Waals surface area contributed by atoms with Gasteiger partial charge in [0.1, 0.15) is 11.5 Å². The molecule has 2 aliphatic heterocycles. The molecule has 216 valence electrons. The van der Waals surface area contributed by atoms with Crippen molar-refractivity contribution in [3.8, 4) is 11.5 Å². The lowest BCUT2D eigenvalue weighted by Gasteiger charge is -2.37. The Hall–Kier alpha value is -4.57. The topological polar surface area (TPSA) is 102 Å². The van der Waals surface area contributed by atoms with Gasteiger partial charge in [-0.05, 0) is 36.6 Å². The summed E-state index contributed by atoms with van der Waals surface area (Å²) in [4.78, 5) is 38.1. The van der Waals surface area contributed by atoms with Gasteiger partial charge in [-0.25, -0.2) is 9.79 Å². The van der Waals surface area contributed by atoms with Gasteiger partial charge < -0.3 is 24.4 Å². The van der Waals surface area contributed by atoms with E-state index in [1.807, 2.05) is 71.0 Å². The Kier molecular flexibility index (Phi) is 9.23. The van der Waals surface area contributed by atoms with E-state index in [2.05, 4.69) is 10.3 Å². The summed E-state index contributed by atoms with van der Waals surface area (Å²) < 4.78 is 16.8. The number of nitrogens with one attached hydrogen (secondary N) is 1. The zero-order valence-corrected chi connectivity index (χ0v) is 24.5. The van der Waals surface area contributed by atoms with E-state index in [1.54, 1.807) is 33.4 Å². The van der Waals surface area contributed by atoms with E-state index in [0.29, 0.717) is 52.2 Å². The summed E-state index contributed by atoms with van der Waals surface area (Å²) in [6.07, 6.45) is 2.46. The van der Waals surface area contributed by atoms with Gasteiger partial charge in [0.05, 0.1) is 44.6 Å². The zero-order chi connectivity index (χ0) is 29.5. The number of amides is 1. The lowest BCUT2D eigenvalue weighted by molar-refractivity contribution is -0.139. The lowest BCUT2D eigenvalue weighted by Crippen LogP contribution is -2.38. The highest BCUT2D eigenvalue weighted by atomic mass is 32.2. The summed E-state index contributed by atoms with van der Waals surface area (Å²) >= 11 is 1.41. The molecule has 0 fully saturated rings. The van der Waals surface area contributed by atoms with Crippen LogP contribution in [0.25, 0.3) is 5.70 Å². The van der Waals surface area contributed by atoms with E-state index in [9.17, 15) is 9.59 Å². The Morgan fingerprint density at radius 2 is 1.83 bits per heavy atom. The van der Waals surface area contributed by atoms with Gasteiger partial charge in [-0.1, -0.05) is 48.2 Å². The number of pyridine rings is 1. The van der Waals surface area contributed by atoms with Crippen molar-refractivity contribution in [1.29, 1.82) is 0 Å². The quantitative estimate of drug-likeness (QED) is 0.310. The van der Waals surface area contributed by atoms with Gasteiger partial charge >= 0.3 is 5.97 Å². The highest BCUT2D eigenvalue weighted by Crippen LogP contribution is 2.49. The molecule has 3 heterocycles. The van der Waals surface area contributed by atoms with Crippen LogP contribution in [0.4, 0.5) is 0 Å². The molecule has 0 aliphatic carbocycles. The molecule has 3 aromatic rings. The molecular formula is C32H32N4O5S. The number of carbonyl (C=O) groups excluding carboxylic acids is 2. The van der Waals surface area contributed by atoms with Crippen LogP contribution in [0.1, 0.15) is 36.2 Å². The third kappa shape index (κ3) is 6.18. The fourth-order valence-corrected chi connectivity index (χ4v) is 5.85. The summed E-state index contributed by atoms with van der Waals surface area (Å²) in [5, 5.41) is 5.56. The number of carbonyl (C=O) groups is 2. The van der Waals surface area contributed by atoms with Crippen molar-refractivity contribution in [2.45, 2.75) is 25.8 Å². The van der Waals surface area contributed by atoms with Crippen molar-refractivity contribution < 1.29 is 23.8 Å². The first-order valence-corrected chi connectivity index (χ1v) is 14.5. The number of methoxy groups -OCH3 is 2. The fourth-order valence-electron chi connectivity index (χ4n) is 4.93. The van der Waals surface area contributed by atoms with E-state index in [4.69, 9.17) is 19.2 Å². The average molecular weight is 585 g/mol. The SMILES string of the molecule is CCOC(=O)C1=C(c2ccccc2)N=C2SC=C(CC(=O)NCCc3ccccn3)N2[C@H]1c1ccc(OC)cc1OC. The predicted molar refractivity (Wildman–Crippen MR) is 163 cm³/mol. The maximum Gasteiger partial charge on any atom is 0.338 e. The van der Waals surface area contributed by atoms with Crippen LogP contribution in [-0.4, -0.2) is 54.3 Å². The Balaban J connectivity index is 1.53. The molecule has 5 rings (SSSR count). The van der Waals surface area contributed by atoms with Crippen molar-refractivity contribution in [1.82, 2.24) is 15.2 Å². The second kappa shape index (κ2) is 13.4. The molecule has 0 radical (unpaired) electrons. The minimum absolute atomic E-state index is 0.0972. The Labute approximate surface area is 249 Å². The van der Waals surface area contributed by atoms with E-state index < -0.39 is 12.0 Å². The number of thioether (sulfide) groups is 1. The molecule has 0 saturated carbocycles. The maximum absolute atomic E-state index is 13.7. The van der Waals surface area contributed by atoms with E-state index in [1.165, 1.54) is 11.8 Å². The average Bonchev–Trinajstić information content (AvgIpc) is 3.42. The van der Waals surface area contributed by atoms with Gasteiger partial charge in [-0.2, -0.15) is 0 Å². The number of amidine groups is 1. The van der Waals surface area contributed by atoms with Crippen LogP contribution in [0.5, 0.6) is 11.5 Å². The van der Waals surface area contributed by atoms with Gasteiger partial charge in [-0.3, -0.25) is 9.78 Å². The minimum Gasteiger partial charge on any atom is -0.497 e. The first kappa shape index (κ1) is 28.9. The third-order valence-corrected chi connectivity index (χ3v) is 7.75. The van der Waals surface area contributed by atoms with Gasteiger partial charge in [0.15, 0.2) is 5.17 Å². The Bertz CT molecular complexity index is 1540. The van der Waals surface area contributed by atoms with E-state index >= 15 is 0 Å². The summed E-state index contributed by atoms with van der Waals surface area (Å²) in [5.41, 5.74) is 4.00. The zero-order valence-electron chi connectivity index (χ0n) is 23.7. The summed E-state index contributed by atoms with van der Waals surface area (Å²) in [6, 6.07) is 20.1. The van der Waals surface area contributed by atoms with Crippen LogP contribution < -0.4 is 14.8 Å². The van der Waals surface area contributed by atoms with Gasteiger partial charge in [0, 0.05) is 47.7 Å². The number of fused-ring (bicyclic) bond motifs is 1. The lowest BCUT2D eigenvalue weighted by atomic mass is 9.90. The molecule has 1 N–H and O–H groups in total. The molecule has 2 aromatic carbocycles. The Morgan fingerprint density at radius 1 is 1.02 bits per heavy atom. The number of hydrogen-bond acceptors (Lipinski definition) is 9. The van der Waals surface area contributed by atoms with Crippen molar-refractivity contribution in [2.75, 3.05) is 27.4 Å². The molecule has 10 heteroatoms. The number of aromatic nitrogens is 1. The maximum atomic E-state index is 13.7. The molecule has 0 unspecified atom stereocenters. The van der Waals surface area contributed by atoms with Crippen molar-refractivity contribution in [3.05, 3.63) is 106 Å². The van der Waals surface area contributed by atoms with Crippen molar-refractivity contribution in [3.63, 3.8) is 0 Å². The molecule has 9 nitrogen and oxygen atoms in total. The normalized spacial score (nSPS) is 15.9. The van der Waals surface area contributed by atoms with Crippen LogP contribution in [-0.2, 0) is 20.7 Å². The fraction of sp³-hybridized carbons (Fsp3) is 0.250. The summed E-state index contributed by atoms with van der Waals surface area (Å²) in [5.74, 6) is 0.517.